The van der Waals surface area contributed by atoms with Crippen LogP contribution in [0.15, 0.2) is 6.07 Å². The van der Waals surface area contributed by atoms with Crippen LogP contribution in [-0.4, -0.2) is 36.0 Å². The molecule has 0 bridgehead atoms. The maximum absolute atomic E-state index is 12.5. The highest BCUT2D eigenvalue weighted by molar-refractivity contribution is 7.90. The first-order chi connectivity index (χ1) is 9.58. The molecule has 7 heteroatoms. The third kappa shape index (κ3) is 3.97. The van der Waals surface area contributed by atoms with E-state index in [2.05, 4.69) is 28.8 Å². The summed E-state index contributed by atoms with van der Waals surface area (Å²) in [7, 11) is -3.53. The molecule has 0 aromatic carbocycles. The molecule has 0 amide bonds. The van der Waals surface area contributed by atoms with Crippen LogP contribution in [0.1, 0.15) is 46.7 Å². The summed E-state index contributed by atoms with van der Waals surface area (Å²) >= 11 is 0. The predicted octanol–water partition coefficient (Wildman–Crippen LogP) is 2.34. The lowest BCUT2D eigenvalue weighted by Gasteiger charge is -2.33. The monoisotopic (exact) mass is 314 g/mol. The van der Waals surface area contributed by atoms with E-state index in [1.807, 2.05) is 20.8 Å². The van der Waals surface area contributed by atoms with Gasteiger partial charge in [-0.3, -0.25) is 9.82 Å². The van der Waals surface area contributed by atoms with Gasteiger partial charge in [0.1, 0.15) is 0 Å². The molecule has 0 radical (unpaired) electrons. The fraction of sp³-hybridized carbons (Fsp3) is 0.786. The quantitative estimate of drug-likeness (QED) is 0.899. The van der Waals surface area contributed by atoms with E-state index in [1.165, 1.54) is 4.31 Å². The molecule has 1 aromatic heterocycles. The van der Waals surface area contributed by atoms with Crippen molar-refractivity contribution in [1.82, 2.24) is 14.5 Å². The molecule has 120 valence electrons. The highest BCUT2D eigenvalue weighted by Crippen LogP contribution is 2.25. The zero-order valence-electron chi connectivity index (χ0n) is 13.5. The Kier molecular flexibility index (Phi) is 4.35. The van der Waals surface area contributed by atoms with Crippen LogP contribution < -0.4 is 4.72 Å². The molecule has 0 aliphatic carbocycles. The summed E-state index contributed by atoms with van der Waals surface area (Å²) in [4.78, 5) is 0. The molecule has 1 saturated heterocycles. The maximum Gasteiger partial charge on any atom is 0.302 e. The molecule has 2 unspecified atom stereocenters. The molecule has 0 spiro atoms. The third-order valence-electron chi connectivity index (χ3n) is 3.79. The van der Waals surface area contributed by atoms with E-state index in [-0.39, 0.29) is 5.41 Å². The molecule has 1 fully saturated rings. The zero-order valence-corrected chi connectivity index (χ0v) is 14.3. The number of anilines is 1. The van der Waals surface area contributed by atoms with Crippen LogP contribution in [0.5, 0.6) is 0 Å². The van der Waals surface area contributed by atoms with Gasteiger partial charge in [-0.2, -0.15) is 17.8 Å². The van der Waals surface area contributed by atoms with Crippen LogP contribution in [0.2, 0.25) is 0 Å². The summed E-state index contributed by atoms with van der Waals surface area (Å²) in [5.74, 6) is 1.12. The van der Waals surface area contributed by atoms with Crippen LogP contribution in [0, 0.1) is 11.8 Å². The van der Waals surface area contributed by atoms with E-state index in [4.69, 9.17) is 0 Å². The van der Waals surface area contributed by atoms with E-state index in [0.29, 0.717) is 30.7 Å². The zero-order chi connectivity index (χ0) is 15.8. The van der Waals surface area contributed by atoms with E-state index in [1.54, 1.807) is 6.07 Å². The van der Waals surface area contributed by atoms with Crippen molar-refractivity contribution in [1.29, 1.82) is 0 Å². The normalized spacial score (nSPS) is 25.0. The van der Waals surface area contributed by atoms with Crippen molar-refractivity contribution >= 4 is 16.0 Å². The molecular formula is C14H26N4O2S. The maximum atomic E-state index is 12.5. The van der Waals surface area contributed by atoms with E-state index in [9.17, 15) is 8.42 Å². The second kappa shape index (κ2) is 5.61. The largest absolute Gasteiger partial charge is 0.302 e. The second-order valence-corrected chi connectivity index (χ2v) is 8.96. The highest BCUT2D eigenvalue weighted by atomic mass is 32.2. The first kappa shape index (κ1) is 16.3. The molecule has 0 saturated carbocycles. The fourth-order valence-corrected chi connectivity index (χ4v) is 4.16. The molecule has 1 aliphatic rings. The minimum Gasteiger partial charge on any atom is -0.280 e. The van der Waals surface area contributed by atoms with Crippen molar-refractivity contribution in [2.45, 2.75) is 46.5 Å². The minimum absolute atomic E-state index is 0.0924. The van der Waals surface area contributed by atoms with E-state index >= 15 is 0 Å². The average molecular weight is 314 g/mol. The molecule has 2 atom stereocenters. The summed E-state index contributed by atoms with van der Waals surface area (Å²) in [6, 6.07) is 1.76. The SMILES string of the molecule is CC1CC(C)CN(S(=O)(=O)Nc2cc(C(C)(C)C)[nH]n2)C1. The number of aromatic nitrogens is 2. The van der Waals surface area contributed by atoms with Gasteiger partial charge in [0.05, 0.1) is 0 Å². The van der Waals surface area contributed by atoms with Gasteiger partial charge in [0.2, 0.25) is 0 Å². The molecular weight excluding hydrogens is 288 g/mol. The van der Waals surface area contributed by atoms with Gasteiger partial charge in [0.25, 0.3) is 0 Å². The van der Waals surface area contributed by atoms with Gasteiger partial charge in [-0.1, -0.05) is 34.6 Å². The summed E-state index contributed by atoms with van der Waals surface area (Å²) in [6.45, 7) is 11.5. The highest BCUT2D eigenvalue weighted by Gasteiger charge is 2.31. The van der Waals surface area contributed by atoms with Crippen LogP contribution in [-0.2, 0) is 15.6 Å². The first-order valence-electron chi connectivity index (χ1n) is 7.41. The summed E-state index contributed by atoms with van der Waals surface area (Å²) in [6.07, 6.45) is 1.07. The van der Waals surface area contributed by atoms with Crippen LogP contribution >= 0.6 is 0 Å². The standard InChI is InChI=1S/C14H26N4O2S/c1-10-6-11(2)9-18(8-10)21(19,20)17-13-7-12(15-16-13)14(3,4)5/h7,10-11H,6,8-9H2,1-5H3,(H2,15,16,17). The number of piperidine rings is 1. The molecule has 1 aliphatic heterocycles. The average Bonchev–Trinajstić information content (AvgIpc) is 2.75. The Labute approximate surface area is 127 Å². The number of H-pyrrole nitrogens is 1. The van der Waals surface area contributed by atoms with Gasteiger partial charge in [-0.15, -0.1) is 0 Å². The Morgan fingerprint density at radius 3 is 2.33 bits per heavy atom. The van der Waals surface area contributed by atoms with Crippen molar-refractivity contribution < 1.29 is 8.42 Å². The number of rotatable bonds is 3. The lowest BCUT2D eigenvalue weighted by atomic mass is 9.92. The van der Waals surface area contributed by atoms with Crippen LogP contribution in [0.4, 0.5) is 5.82 Å². The Morgan fingerprint density at radius 1 is 1.29 bits per heavy atom. The molecule has 1 aromatic rings. The molecule has 2 heterocycles. The summed E-state index contributed by atoms with van der Waals surface area (Å²) < 4.78 is 29.0. The third-order valence-corrected chi connectivity index (χ3v) is 5.24. The van der Waals surface area contributed by atoms with Crippen molar-refractivity contribution in [2.24, 2.45) is 11.8 Å². The second-order valence-electron chi connectivity index (χ2n) is 7.29. The van der Waals surface area contributed by atoms with Gasteiger partial charge < -0.3 is 0 Å². The van der Waals surface area contributed by atoms with Gasteiger partial charge in [0.15, 0.2) is 5.82 Å². The summed E-state index contributed by atoms with van der Waals surface area (Å²) in [5.41, 5.74) is 0.811. The molecule has 21 heavy (non-hydrogen) atoms. The van der Waals surface area contributed by atoms with Gasteiger partial charge in [-0.25, -0.2) is 0 Å². The number of nitrogens with one attached hydrogen (secondary N) is 2. The lowest BCUT2D eigenvalue weighted by Crippen LogP contribution is -2.45. The Morgan fingerprint density at radius 2 is 1.86 bits per heavy atom. The van der Waals surface area contributed by atoms with E-state index in [0.717, 1.165) is 12.1 Å². The number of hydrogen-bond donors (Lipinski definition) is 2. The number of aromatic amines is 1. The first-order valence-corrected chi connectivity index (χ1v) is 8.85. The smallest absolute Gasteiger partial charge is 0.280 e. The van der Waals surface area contributed by atoms with Crippen molar-refractivity contribution in [2.75, 3.05) is 17.8 Å². The molecule has 6 nitrogen and oxygen atoms in total. The van der Waals surface area contributed by atoms with Crippen molar-refractivity contribution in [3.8, 4) is 0 Å². The Balaban J connectivity index is 2.12. The van der Waals surface area contributed by atoms with Crippen LogP contribution in [0.3, 0.4) is 0 Å². The van der Waals surface area contributed by atoms with Gasteiger partial charge in [-0.05, 0) is 18.3 Å². The number of hydrogen-bond acceptors (Lipinski definition) is 3. The molecule has 2 rings (SSSR count). The van der Waals surface area contributed by atoms with Gasteiger partial charge in [0, 0.05) is 30.3 Å². The summed E-state index contributed by atoms with van der Waals surface area (Å²) in [5, 5.41) is 6.95. The fourth-order valence-electron chi connectivity index (χ4n) is 2.76. The number of nitrogens with zero attached hydrogens (tertiary/aromatic N) is 2. The van der Waals surface area contributed by atoms with E-state index < -0.39 is 10.2 Å². The lowest BCUT2D eigenvalue weighted by molar-refractivity contribution is 0.223. The Hall–Kier alpha value is -1.08. The van der Waals surface area contributed by atoms with Crippen molar-refractivity contribution in [3.63, 3.8) is 0 Å². The minimum atomic E-state index is -3.53. The topological polar surface area (TPSA) is 78.1 Å². The Bertz CT molecular complexity index is 578. The van der Waals surface area contributed by atoms with Crippen molar-refractivity contribution in [3.05, 3.63) is 11.8 Å². The molecule has 2 N–H and O–H groups in total. The van der Waals surface area contributed by atoms with Gasteiger partial charge >= 0.3 is 10.2 Å². The predicted molar refractivity (Wildman–Crippen MR) is 84.3 cm³/mol. The van der Waals surface area contributed by atoms with Crippen LogP contribution in [0.25, 0.3) is 0 Å².